The van der Waals surface area contributed by atoms with Gasteiger partial charge in [-0.2, -0.15) is 0 Å². The minimum absolute atomic E-state index is 0.113. The highest BCUT2D eigenvalue weighted by molar-refractivity contribution is 6.02. The molecular weight excluding hydrogens is 406 g/mol. The highest BCUT2D eigenvalue weighted by atomic mass is 16.5. The maximum absolute atomic E-state index is 12.4. The number of amides is 1. The summed E-state index contributed by atoms with van der Waals surface area (Å²) in [6.07, 6.45) is 5.32. The van der Waals surface area contributed by atoms with Gasteiger partial charge in [0.1, 0.15) is 22.8 Å². The van der Waals surface area contributed by atoms with Crippen LogP contribution in [0.25, 0.3) is 27.7 Å². The van der Waals surface area contributed by atoms with Crippen molar-refractivity contribution >= 4 is 22.4 Å². The lowest BCUT2D eigenvalue weighted by molar-refractivity contribution is -0.116. The Morgan fingerprint density at radius 1 is 1.09 bits per heavy atom. The third-order valence-corrected chi connectivity index (χ3v) is 5.55. The number of fused-ring (bicyclic) bond motifs is 1. The molecule has 1 amide bonds. The number of nitrogens with one attached hydrogen (secondary N) is 1. The van der Waals surface area contributed by atoms with Gasteiger partial charge in [-0.3, -0.25) is 4.79 Å². The number of unbranched alkanes of at least 4 members (excludes halogenated alkanes) is 1. The first kappa shape index (κ1) is 23.3. The van der Waals surface area contributed by atoms with Crippen LogP contribution in [0, 0.1) is 6.92 Å². The first-order valence-electron chi connectivity index (χ1n) is 10.7. The summed E-state index contributed by atoms with van der Waals surface area (Å²) in [5, 5.41) is 3.83. The molecule has 1 N–H and O–H groups in total. The average molecular weight is 438 g/mol. The third-order valence-electron chi connectivity index (χ3n) is 5.55. The van der Waals surface area contributed by atoms with Gasteiger partial charge in [-0.05, 0) is 50.1 Å². The van der Waals surface area contributed by atoms with Crippen molar-refractivity contribution in [1.82, 2.24) is 5.32 Å². The molecule has 32 heavy (non-hydrogen) atoms. The predicted molar refractivity (Wildman–Crippen MR) is 128 cm³/mol. The van der Waals surface area contributed by atoms with E-state index in [1.54, 1.807) is 33.7 Å². The van der Waals surface area contributed by atoms with Gasteiger partial charge in [0.15, 0.2) is 0 Å². The van der Waals surface area contributed by atoms with Crippen LogP contribution in [0.1, 0.15) is 37.8 Å². The van der Waals surface area contributed by atoms with Gasteiger partial charge in [0, 0.05) is 40.3 Å². The monoisotopic (exact) mass is 437 g/mol. The molecule has 0 spiro atoms. The van der Waals surface area contributed by atoms with E-state index in [1.807, 2.05) is 38.1 Å². The summed E-state index contributed by atoms with van der Waals surface area (Å²) >= 11 is 0. The summed E-state index contributed by atoms with van der Waals surface area (Å²) in [7, 11) is 4.89. The largest absolute Gasteiger partial charge is 0.497 e. The second kappa shape index (κ2) is 10.3. The minimum Gasteiger partial charge on any atom is -0.497 e. The van der Waals surface area contributed by atoms with E-state index in [-0.39, 0.29) is 5.91 Å². The smallest absolute Gasteiger partial charge is 0.244 e. The normalized spacial score (nSPS) is 11.5. The molecule has 6 nitrogen and oxygen atoms in total. The van der Waals surface area contributed by atoms with Crippen molar-refractivity contribution in [2.24, 2.45) is 0 Å². The summed E-state index contributed by atoms with van der Waals surface area (Å²) in [6, 6.07) is 7.65. The lowest BCUT2D eigenvalue weighted by Crippen LogP contribution is -2.22. The van der Waals surface area contributed by atoms with E-state index in [2.05, 4.69) is 12.2 Å². The quantitative estimate of drug-likeness (QED) is 0.341. The highest BCUT2D eigenvalue weighted by Gasteiger charge is 2.20. The second-order valence-corrected chi connectivity index (χ2v) is 7.65. The van der Waals surface area contributed by atoms with Crippen molar-refractivity contribution in [3.63, 3.8) is 0 Å². The van der Waals surface area contributed by atoms with Crippen LogP contribution in [0.15, 0.2) is 41.0 Å². The van der Waals surface area contributed by atoms with E-state index in [9.17, 15) is 4.79 Å². The van der Waals surface area contributed by atoms with Crippen LogP contribution in [0.5, 0.6) is 17.2 Å². The minimum atomic E-state index is -0.113. The van der Waals surface area contributed by atoms with Crippen LogP contribution in [-0.2, 0) is 4.79 Å². The molecule has 1 aromatic heterocycles. The number of rotatable bonds is 9. The SMILES string of the molecule is CCCCNC(=O)/C=C(\C)c1cc2c(-c3cc(OC)ccc3OC)coc2c(C)c1OC. The first-order valence-corrected chi connectivity index (χ1v) is 10.7. The molecule has 0 saturated heterocycles. The number of benzene rings is 2. The zero-order valence-corrected chi connectivity index (χ0v) is 19.6. The molecule has 2 aromatic carbocycles. The first-order chi connectivity index (χ1) is 15.4. The average Bonchev–Trinajstić information content (AvgIpc) is 3.22. The summed E-state index contributed by atoms with van der Waals surface area (Å²) in [5.74, 6) is 2.01. The molecule has 170 valence electrons. The fourth-order valence-corrected chi connectivity index (χ4v) is 3.82. The number of carbonyl (C=O) groups excluding carboxylic acids is 1. The molecule has 0 fully saturated rings. The maximum Gasteiger partial charge on any atom is 0.244 e. The van der Waals surface area contributed by atoms with Crippen LogP contribution < -0.4 is 19.5 Å². The van der Waals surface area contributed by atoms with Gasteiger partial charge >= 0.3 is 0 Å². The Kier molecular flexibility index (Phi) is 7.46. The Bertz CT molecular complexity index is 1140. The number of hydrogen-bond acceptors (Lipinski definition) is 5. The lowest BCUT2D eigenvalue weighted by atomic mass is 9.96. The third kappa shape index (κ3) is 4.59. The van der Waals surface area contributed by atoms with Gasteiger partial charge < -0.3 is 23.9 Å². The van der Waals surface area contributed by atoms with Crippen LogP contribution >= 0.6 is 0 Å². The van der Waals surface area contributed by atoms with Crippen molar-refractivity contribution in [3.8, 4) is 28.4 Å². The second-order valence-electron chi connectivity index (χ2n) is 7.65. The Balaban J connectivity index is 2.15. The summed E-state index contributed by atoms with van der Waals surface area (Å²) < 4.78 is 22.7. The fraction of sp³-hybridized carbons (Fsp3) is 0.346. The Hall–Kier alpha value is -3.41. The van der Waals surface area contributed by atoms with Crippen LogP contribution in [0.3, 0.4) is 0 Å². The molecule has 0 bridgehead atoms. The standard InChI is InChI=1S/C26H31NO5/c1-7-8-11-27-24(28)12-16(2)19-14-21-22(15-32-26(21)17(3)25(19)31-6)20-13-18(29-4)9-10-23(20)30-5/h9-10,12-15H,7-8,11H2,1-6H3,(H,27,28)/b16-12+. The molecule has 1 heterocycles. The highest BCUT2D eigenvalue weighted by Crippen LogP contribution is 2.43. The van der Waals surface area contributed by atoms with E-state index >= 15 is 0 Å². The molecule has 0 aliphatic heterocycles. The number of carbonyl (C=O) groups is 1. The maximum atomic E-state index is 12.4. The van der Waals surface area contributed by atoms with Gasteiger partial charge in [0.2, 0.25) is 5.91 Å². The number of ether oxygens (including phenoxy) is 3. The molecule has 0 aliphatic carbocycles. The van der Waals surface area contributed by atoms with Crippen LogP contribution in [-0.4, -0.2) is 33.8 Å². The number of hydrogen-bond donors (Lipinski definition) is 1. The molecule has 3 rings (SSSR count). The van der Waals surface area contributed by atoms with Gasteiger partial charge in [0.25, 0.3) is 0 Å². The Labute approximate surface area is 189 Å². The van der Waals surface area contributed by atoms with E-state index < -0.39 is 0 Å². The molecule has 0 radical (unpaired) electrons. The molecule has 3 aromatic rings. The van der Waals surface area contributed by atoms with Gasteiger partial charge in [0.05, 0.1) is 27.6 Å². The van der Waals surface area contributed by atoms with Gasteiger partial charge in [-0.1, -0.05) is 13.3 Å². The number of allylic oxidation sites excluding steroid dienone is 1. The van der Waals surface area contributed by atoms with Crippen molar-refractivity contribution in [2.75, 3.05) is 27.9 Å². The molecule has 0 atom stereocenters. The van der Waals surface area contributed by atoms with Gasteiger partial charge in [-0.15, -0.1) is 0 Å². The number of furan rings is 1. The topological polar surface area (TPSA) is 69.9 Å². The van der Waals surface area contributed by atoms with Gasteiger partial charge in [-0.25, -0.2) is 0 Å². The fourth-order valence-electron chi connectivity index (χ4n) is 3.82. The van der Waals surface area contributed by atoms with E-state index in [4.69, 9.17) is 18.6 Å². The lowest BCUT2D eigenvalue weighted by Gasteiger charge is -2.14. The summed E-state index contributed by atoms with van der Waals surface area (Å²) in [4.78, 5) is 12.4. The summed E-state index contributed by atoms with van der Waals surface area (Å²) in [6.45, 7) is 6.62. The van der Waals surface area contributed by atoms with Crippen LogP contribution in [0.2, 0.25) is 0 Å². The van der Waals surface area contributed by atoms with Crippen molar-refractivity contribution in [1.29, 1.82) is 0 Å². The van der Waals surface area contributed by atoms with E-state index in [0.717, 1.165) is 57.4 Å². The summed E-state index contributed by atoms with van der Waals surface area (Å²) in [5.41, 5.74) is 4.99. The Morgan fingerprint density at radius 2 is 1.88 bits per heavy atom. The van der Waals surface area contributed by atoms with E-state index in [1.165, 1.54) is 0 Å². The Morgan fingerprint density at radius 3 is 2.53 bits per heavy atom. The molecule has 0 unspecified atom stereocenters. The van der Waals surface area contributed by atoms with Crippen molar-refractivity contribution < 1.29 is 23.4 Å². The zero-order chi connectivity index (χ0) is 23.3. The van der Waals surface area contributed by atoms with Crippen molar-refractivity contribution in [2.45, 2.75) is 33.6 Å². The molecule has 0 saturated carbocycles. The van der Waals surface area contributed by atoms with Crippen LogP contribution in [0.4, 0.5) is 0 Å². The molecule has 6 heteroatoms. The number of aryl methyl sites for hydroxylation is 1. The van der Waals surface area contributed by atoms with Crippen molar-refractivity contribution in [3.05, 3.63) is 47.7 Å². The molecule has 0 aliphatic rings. The molecular formula is C26H31NO5. The zero-order valence-electron chi connectivity index (χ0n) is 19.6. The van der Waals surface area contributed by atoms with E-state index in [0.29, 0.717) is 18.0 Å². The predicted octanol–water partition coefficient (Wildman–Crippen LogP) is 5.75. The number of methoxy groups -OCH3 is 3.